The normalized spacial score (nSPS) is 18.9. The Morgan fingerprint density at radius 2 is 1.57 bits per heavy atom. The fourth-order valence-corrected chi connectivity index (χ4v) is 6.43. The summed E-state index contributed by atoms with van der Waals surface area (Å²) in [6.45, 7) is 6.83. The summed E-state index contributed by atoms with van der Waals surface area (Å²) in [5, 5.41) is 27.1. The minimum Gasteiger partial charge on any atom is -0.480 e. The van der Waals surface area contributed by atoms with Gasteiger partial charge in [-0.1, -0.05) is 81.8 Å². The molecule has 0 radical (unpaired) electrons. The number of ether oxygens (including phenoxy) is 1. The predicted octanol–water partition coefficient (Wildman–Crippen LogP) is 1.34. The first-order valence-corrected chi connectivity index (χ1v) is 17.9. The lowest BCUT2D eigenvalue weighted by atomic mass is 10.0. The van der Waals surface area contributed by atoms with E-state index in [4.69, 9.17) is 9.84 Å². The summed E-state index contributed by atoms with van der Waals surface area (Å²) in [5.74, 6) is -6.35. The molecule has 0 aromatic heterocycles. The zero-order chi connectivity index (χ0) is 38.8. The number of nitrogens with zero attached hydrogens (tertiary/aromatic N) is 2. The summed E-state index contributed by atoms with van der Waals surface area (Å²) in [5.41, 5.74) is 2.82. The van der Waals surface area contributed by atoms with Crippen molar-refractivity contribution in [3.63, 3.8) is 0 Å². The van der Waals surface area contributed by atoms with Crippen LogP contribution in [0, 0.1) is 5.92 Å². The van der Waals surface area contributed by atoms with Gasteiger partial charge in [0, 0.05) is 25.9 Å². The fraction of sp³-hybridized carbons (Fsp3) is 0.500. The third kappa shape index (κ3) is 10.6. The second-order valence-electron chi connectivity index (χ2n) is 13.9. The van der Waals surface area contributed by atoms with Gasteiger partial charge in [-0.3, -0.25) is 28.8 Å². The Hall–Kier alpha value is -5.31. The molecule has 1 fully saturated rings. The van der Waals surface area contributed by atoms with Crippen LogP contribution in [0.15, 0.2) is 54.6 Å². The molecule has 0 aliphatic carbocycles. The fourth-order valence-electron chi connectivity index (χ4n) is 6.43. The van der Waals surface area contributed by atoms with Crippen LogP contribution in [0.1, 0.15) is 63.6 Å². The molecule has 1 saturated heterocycles. The van der Waals surface area contributed by atoms with Gasteiger partial charge in [0.2, 0.25) is 23.5 Å². The molecule has 4 rings (SSSR count). The molecule has 2 unspecified atom stereocenters. The number of carbonyl (C=O) groups excluding carboxylic acids is 6. The van der Waals surface area contributed by atoms with Crippen LogP contribution in [0.2, 0.25) is 0 Å². The van der Waals surface area contributed by atoms with Gasteiger partial charge in [0.1, 0.15) is 30.3 Å². The van der Waals surface area contributed by atoms with E-state index in [1.807, 2.05) is 24.3 Å². The second kappa shape index (κ2) is 18.4. The van der Waals surface area contributed by atoms with Crippen molar-refractivity contribution in [1.29, 1.82) is 0 Å². The number of benzene rings is 2. The summed E-state index contributed by atoms with van der Waals surface area (Å²) >= 11 is 0. The maximum Gasteiger partial charge on any atom is 0.410 e. The highest BCUT2D eigenvalue weighted by Crippen LogP contribution is 2.26. The lowest BCUT2D eigenvalue weighted by molar-refractivity contribution is -0.146. The third-order valence-electron chi connectivity index (χ3n) is 9.46. The summed E-state index contributed by atoms with van der Waals surface area (Å²) in [4.78, 5) is 94.4. The van der Waals surface area contributed by atoms with Crippen LogP contribution >= 0.6 is 0 Å². The van der Waals surface area contributed by atoms with Crippen molar-refractivity contribution in [1.82, 2.24) is 25.8 Å². The lowest BCUT2D eigenvalue weighted by Gasteiger charge is -2.31. The number of likely N-dealkylation sites (tertiary alicyclic amines) is 1. The lowest BCUT2D eigenvalue weighted by Crippen LogP contribution is -2.58. The van der Waals surface area contributed by atoms with Crippen LogP contribution in [0.25, 0.3) is 0 Å². The van der Waals surface area contributed by atoms with Gasteiger partial charge in [0.25, 0.3) is 5.91 Å². The van der Waals surface area contributed by atoms with Crippen molar-refractivity contribution in [3.8, 4) is 0 Å². The summed E-state index contributed by atoms with van der Waals surface area (Å²) < 4.78 is 5.86. The molecule has 0 bridgehead atoms. The number of carbonyl (C=O) groups is 7. The van der Waals surface area contributed by atoms with Gasteiger partial charge in [-0.05, 0) is 42.4 Å². The minimum absolute atomic E-state index is 0.00505. The molecule has 2 aliphatic heterocycles. The molecule has 5 N–H and O–H groups in total. The number of aliphatic hydroxyl groups is 1. The highest BCUT2D eigenvalue weighted by molar-refractivity contribution is 6.38. The Morgan fingerprint density at radius 3 is 2.21 bits per heavy atom. The molecule has 53 heavy (non-hydrogen) atoms. The molecule has 15 nitrogen and oxygen atoms in total. The van der Waals surface area contributed by atoms with Crippen LogP contribution in [0.3, 0.4) is 0 Å². The number of fused-ring (bicyclic) bond motifs is 1. The zero-order valence-electron chi connectivity index (χ0n) is 30.4. The zero-order valence-corrected chi connectivity index (χ0v) is 30.4. The van der Waals surface area contributed by atoms with Crippen molar-refractivity contribution in [2.45, 2.75) is 103 Å². The summed E-state index contributed by atoms with van der Waals surface area (Å²) in [6, 6.07) is 11.4. The molecular formula is C38H49N5O10. The predicted molar refractivity (Wildman–Crippen MR) is 191 cm³/mol. The smallest absolute Gasteiger partial charge is 0.410 e. The van der Waals surface area contributed by atoms with Crippen LogP contribution in [-0.2, 0) is 52.9 Å². The molecule has 286 valence electrons. The molecule has 6 atom stereocenters. The molecule has 2 aliphatic rings. The largest absolute Gasteiger partial charge is 0.480 e. The van der Waals surface area contributed by atoms with Gasteiger partial charge in [0.15, 0.2) is 0 Å². The number of rotatable bonds is 15. The number of aliphatic carboxylic acids is 1. The van der Waals surface area contributed by atoms with Crippen LogP contribution in [0.4, 0.5) is 4.79 Å². The second-order valence-corrected chi connectivity index (χ2v) is 13.9. The monoisotopic (exact) mass is 735 g/mol. The number of nitrogens with one attached hydrogen (secondary N) is 3. The topological polar surface area (TPSA) is 212 Å². The minimum atomic E-state index is -1.47. The van der Waals surface area contributed by atoms with Crippen molar-refractivity contribution in [2.75, 3.05) is 13.1 Å². The van der Waals surface area contributed by atoms with E-state index in [1.54, 1.807) is 56.0 Å². The average molecular weight is 736 g/mol. The van der Waals surface area contributed by atoms with Gasteiger partial charge in [-0.2, -0.15) is 0 Å². The Kier molecular flexibility index (Phi) is 14.1. The van der Waals surface area contributed by atoms with Crippen LogP contribution in [-0.4, -0.2) is 111 Å². The Morgan fingerprint density at radius 1 is 0.906 bits per heavy atom. The Bertz CT molecular complexity index is 1670. The van der Waals surface area contributed by atoms with E-state index < -0.39 is 83.8 Å². The number of amides is 5. The van der Waals surface area contributed by atoms with Crippen molar-refractivity contribution < 1.29 is 48.5 Å². The molecule has 0 spiro atoms. The van der Waals surface area contributed by atoms with E-state index in [9.17, 15) is 38.7 Å². The van der Waals surface area contributed by atoms with Gasteiger partial charge >= 0.3 is 12.1 Å². The highest BCUT2D eigenvalue weighted by Gasteiger charge is 2.45. The highest BCUT2D eigenvalue weighted by atomic mass is 16.6. The first-order valence-electron chi connectivity index (χ1n) is 17.9. The Balaban J connectivity index is 1.54. The number of carboxylic acids is 1. The SMILES string of the molecule is CCCC(NC(=O)C1C[C@@H](OC(=O)N2CCc3ccccc3C2)CN1C(=O)[C@@H](NC(=O)[C@@H](O)Cc1ccccc1)C(C)C)C(=O)C(=O)N[C@@H](C)C(=O)O. The van der Waals surface area contributed by atoms with E-state index in [0.717, 1.165) is 11.1 Å². The van der Waals surface area contributed by atoms with E-state index in [-0.39, 0.29) is 25.8 Å². The van der Waals surface area contributed by atoms with E-state index in [0.29, 0.717) is 31.5 Å². The molecule has 0 saturated carbocycles. The van der Waals surface area contributed by atoms with Gasteiger partial charge < -0.3 is 40.7 Å². The molecule has 2 heterocycles. The number of carboxylic acid groups (broad SMARTS) is 1. The first kappa shape index (κ1) is 40.5. The van der Waals surface area contributed by atoms with Crippen molar-refractivity contribution in [3.05, 3.63) is 71.3 Å². The standard InChI is InChI=1S/C38H49N5O10/c1-5-11-28(32(45)35(48)39-23(4)37(50)51)40-33(46)29-19-27(53-38(52)42-17-16-25-14-9-10-15-26(25)20-42)21-43(29)36(49)31(22(2)3)41-34(47)30(44)18-24-12-7-6-8-13-24/h6-10,12-15,22-23,27-31,44H,5,11,16-21H2,1-4H3,(H,39,48)(H,40,46)(H,41,47)(H,50,51)/t23-,27+,28?,29?,30-,31-/m0/s1. The third-order valence-corrected chi connectivity index (χ3v) is 9.46. The van der Waals surface area contributed by atoms with Crippen LogP contribution in [0.5, 0.6) is 0 Å². The van der Waals surface area contributed by atoms with Crippen molar-refractivity contribution >= 4 is 41.5 Å². The molecule has 5 amide bonds. The molecule has 15 heteroatoms. The van der Waals surface area contributed by atoms with Crippen LogP contribution < -0.4 is 16.0 Å². The number of Topliss-reactive ketones (excluding diaryl/α,β-unsaturated/α-hetero) is 1. The molecule has 2 aromatic carbocycles. The maximum absolute atomic E-state index is 14.2. The maximum atomic E-state index is 14.2. The van der Waals surface area contributed by atoms with Crippen molar-refractivity contribution in [2.24, 2.45) is 5.92 Å². The number of aliphatic hydroxyl groups excluding tert-OH is 1. The number of hydrogen-bond donors (Lipinski definition) is 5. The Labute approximate surface area is 308 Å². The molecular weight excluding hydrogens is 686 g/mol. The first-order chi connectivity index (χ1) is 25.2. The average Bonchev–Trinajstić information content (AvgIpc) is 3.56. The summed E-state index contributed by atoms with van der Waals surface area (Å²) in [6.07, 6.45) is -2.13. The quantitative estimate of drug-likeness (QED) is 0.166. The van der Waals surface area contributed by atoms with Gasteiger partial charge in [-0.15, -0.1) is 0 Å². The summed E-state index contributed by atoms with van der Waals surface area (Å²) in [7, 11) is 0. The van der Waals surface area contributed by atoms with E-state index in [1.165, 1.54) is 11.8 Å². The van der Waals surface area contributed by atoms with E-state index in [2.05, 4.69) is 16.0 Å². The molecule has 2 aromatic rings. The van der Waals surface area contributed by atoms with E-state index >= 15 is 0 Å². The number of hydrogen-bond acceptors (Lipinski definition) is 9. The van der Waals surface area contributed by atoms with Gasteiger partial charge in [-0.25, -0.2) is 4.79 Å². The number of ketones is 1. The van der Waals surface area contributed by atoms with Gasteiger partial charge in [0.05, 0.1) is 12.6 Å².